The van der Waals surface area contributed by atoms with E-state index in [1.54, 1.807) is 0 Å². The first kappa shape index (κ1) is 7.35. The van der Waals surface area contributed by atoms with Crippen molar-refractivity contribution in [1.29, 1.82) is 0 Å². The summed E-state index contributed by atoms with van der Waals surface area (Å²) in [6.07, 6.45) is 6.45. The fraction of sp³-hybridized carbons (Fsp3) is 0.500. The minimum atomic E-state index is -0.629. The van der Waals surface area contributed by atoms with Crippen LogP contribution in [0.25, 0.3) is 0 Å². The van der Waals surface area contributed by atoms with Crippen LogP contribution in [0.2, 0.25) is 0 Å². The molecule has 0 radical (unpaired) electrons. The van der Waals surface area contributed by atoms with Crippen molar-refractivity contribution in [1.82, 2.24) is 0 Å². The van der Waals surface area contributed by atoms with Gasteiger partial charge in [0.25, 0.3) is 0 Å². The number of hydrogen-bond acceptors (Lipinski definition) is 2. The highest BCUT2D eigenvalue weighted by molar-refractivity contribution is 6.30. The van der Waals surface area contributed by atoms with E-state index in [2.05, 4.69) is 0 Å². The lowest BCUT2D eigenvalue weighted by atomic mass is 10.1. The molecule has 1 spiro atoms. The molecule has 0 atom stereocenters. The number of rotatable bonds is 0. The SMILES string of the molecule is ClC1=CC=CCC12OCCO2. The summed E-state index contributed by atoms with van der Waals surface area (Å²) in [4.78, 5) is 0. The van der Waals surface area contributed by atoms with Gasteiger partial charge in [0.2, 0.25) is 5.79 Å². The van der Waals surface area contributed by atoms with E-state index >= 15 is 0 Å². The first-order valence-electron chi connectivity index (χ1n) is 3.64. The van der Waals surface area contributed by atoms with E-state index in [1.165, 1.54) is 0 Å². The molecule has 1 saturated heterocycles. The zero-order valence-corrected chi connectivity index (χ0v) is 6.80. The van der Waals surface area contributed by atoms with Crippen LogP contribution in [0.4, 0.5) is 0 Å². The fourth-order valence-corrected chi connectivity index (χ4v) is 1.57. The van der Waals surface area contributed by atoms with Crippen LogP contribution in [-0.4, -0.2) is 19.0 Å². The van der Waals surface area contributed by atoms with Crippen LogP contribution < -0.4 is 0 Å². The minimum Gasteiger partial charge on any atom is -0.342 e. The van der Waals surface area contributed by atoms with Gasteiger partial charge >= 0.3 is 0 Å². The average Bonchev–Trinajstić information content (AvgIpc) is 2.46. The number of allylic oxidation sites excluding steroid dienone is 2. The lowest BCUT2D eigenvalue weighted by Crippen LogP contribution is -2.30. The molecule has 1 heterocycles. The van der Waals surface area contributed by atoms with Gasteiger partial charge in [0.15, 0.2) is 0 Å². The predicted molar refractivity (Wildman–Crippen MR) is 42.3 cm³/mol. The second kappa shape index (κ2) is 2.63. The normalized spacial score (nSPS) is 27.5. The maximum absolute atomic E-state index is 5.94. The molecule has 0 aromatic heterocycles. The Morgan fingerprint density at radius 2 is 2.09 bits per heavy atom. The van der Waals surface area contributed by atoms with Crippen LogP contribution in [-0.2, 0) is 9.47 Å². The highest BCUT2D eigenvalue weighted by atomic mass is 35.5. The first-order chi connectivity index (χ1) is 5.33. The van der Waals surface area contributed by atoms with Crippen molar-refractivity contribution in [3.63, 3.8) is 0 Å². The van der Waals surface area contributed by atoms with Crippen LogP contribution >= 0.6 is 11.6 Å². The van der Waals surface area contributed by atoms with Gasteiger partial charge in [-0.15, -0.1) is 0 Å². The lowest BCUT2D eigenvalue weighted by molar-refractivity contribution is -0.117. The smallest absolute Gasteiger partial charge is 0.209 e. The molecule has 11 heavy (non-hydrogen) atoms. The molecular weight excluding hydrogens is 164 g/mol. The molecule has 2 nitrogen and oxygen atoms in total. The Morgan fingerprint density at radius 1 is 1.36 bits per heavy atom. The highest BCUT2D eigenvalue weighted by Gasteiger charge is 2.39. The Kier molecular flexibility index (Phi) is 1.75. The molecule has 60 valence electrons. The summed E-state index contributed by atoms with van der Waals surface area (Å²) < 4.78 is 10.8. The predicted octanol–water partition coefficient (Wildman–Crippen LogP) is 1.81. The van der Waals surface area contributed by atoms with Gasteiger partial charge in [-0.1, -0.05) is 23.8 Å². The van der Waals surface area contributed by atoms with Gasteiger partial charge in [-0.25, -0.2) is 0 Å². The molecule has 0 aromatic carbocycles. The summed E-state index contributed by atoms with van der Waals surface area (Å²) in [6, 6.07) is 0. The van der Waals surface area contributed by atoms with E-state index in [0.717, 1.165) is 6.42 Å². The zero-order valence-electron chi connectivity index (χ0n) is 6.05. The van der Waals surface area contributed by atoms with E-state index in [9.17, 15) is 0 Å². The monoisotopic (exact) mass is 172 g/mol. The maximum atomic E-state index is 5.94. The molecule has 2 rings (SSSR count). The van der Waals surface area contributed by atoms with Gasteiger partial charge in [-0.3, -0.25) is 0 Å². The summed E-state index contributed by atoms with van der Waals surface area (Å²) in [5, 5.41) is 0.650. The Labute approximate surface area is 70.4 Å². The Morgan fingerprint density at radius 3 is 2.73 bits per heavy atom. The fourth-order valence-electron chi connectivity index (χ4n) is 1.31. The van der Waals surface area contributed by atoms with Crippen molar-refractivity contribution >= 4 is 11.6 Å². The summed E-state index contributed by atoms with van der Waals surface area (Å²) in [7, 11) is 0. The van der Waals surface area contributed by atoms with Gasteiger partial charge in [0.1, 0.15) is 0 Å². The molecule has 0 aromatic rings. The van der Waals surface area contributed by atoms with Crippen molar-refractivity contribution < 1.29 is 9.47 Å². The number of ether oxygens (including phenoxy) is 2. The molecule has 1 aliphatic heterocycles. The highest BCUT2D eigenvalue weighted by Crippen LogP contribution is 2.36. The quantitative estimate of drug-likeness (QED) is 0.555. The van der Waals surface area contributed by atoms with Crippen molar-refractivity contribution in [2.75, 3.05) is 13.2 Å². The largest absolute Gasteiger partial charge is 0.342 e. The number of halogens is 1. The summed E-state index contributed by atoms with van der Waals surface area (Å²) >= 11 is 5.94. The molecule has 1 fully saturated rings. The van der Waals surface area contributed by atoms with E-state index < -0.39 is 5.79 Å². The molecular formula is C8H9ClO2. The van der Waals surface area contributed by atoms with Crippen LogP contribution in [0.3, 0.4) is 0 Å². The molecule has 2 aliphatic rings. The van der Waals surface area contributed by atoms with Crippen molar-refractivity contribution in [3.05, 3.63) is 23.3 Å². The summed E-state index contributed by atoms with van der Waals surface area (Å²) in [5.41, 5.74) is 0. The first-order valence-corrected chi connectivity index (χ1v) is 4.02. The third kappa shape index (κ3) is 1.11. The van der Waals surface area contributed by atoms with Crippen LogP contribution in [0.15, 0.2) is 23.3 Å². The third-order valence-corrected chi connectivity index (χ3v) is 2.30. The topological polar surface area (TPSA) is 18.5 Å². The third-order valence-electron chi connectivity index (χ3n) is 1.88. The molecule has 0 unspecified atom stereocenters. The lowest BCUT2D eigenvalue weighted by Gasteiger charge is -2.26. The molecule has 1 aliphatic carbocycles. The van der Waals surface area contributed by atoms with Gasteiger partial charge in [0, 0.05) is 6.42 Å². The standard InChI is InChI=1S/C8H9ClO2/c9-7-3-1-2-4-8(7)10-5-6-11-8/h1-3H,4-6H2. The maximum Gasteiger partial charge on any atom is 0.209 e. The van der Waals surface area contributed by atoms with Crippen LogP contribution in [0.1, 0.15) is 6.42 Å². The minimum absolute atomic E-state index is 0.629. The molecule has 0 amide bonds. The molecule has 0 bridgehead atoms. The zero-order chi connectivity index (χ0) is 7.73. The Balaban J connectivity index is 2.25. The van der Waals surface area contributed by atoms with Crippen molar-refractivity contribution in [3.8, 4) is 0 Å². The molecule has 3 heteroatoms. The Bertz CT molecular complexity index is 214. The summed E-state index contributed by atoms with van der Waals surface area (Å²) in [6.45, 7) is 1.27. The number of hydrogen-bond donors (Lipinski definition) is 0. The van der Waals surface area contributed by atoms with Crippen molar-refractivity contribution in [2.45, 2.75) is 12.2 Å². The van der Waals surface area contributed by atoms with Gasteiger partial charge in [-0.05, 0) is 6.08 Å². The van der Waals surface area contributed by atoms with Crippen molar-refractivity contribution in [2.24, 2.45) is 0 Å². The van der Waals surface area contributed by atoms with E-state index in [4.69, 9.17) is 21.1 Å². The second-order valence-corrected chi connectivity index (χ2v) is 3.00. The second-order valence-electron chi connectivity index (χ2n) is 2.60. The van der Waals surface area contributed by atoms with Gasteiger partial charge in [-0.2, -0.15) is 0 Å². The molecule has 0 N–H and O–H groups in total. The van der Waals surface area contributed by atoms with Gasteiger partial charge in [0.05, 0.1) is 18.2 Å². The van der Waals surface area contributed by atoms with E-state index in [0.29, 0.717) is 18.2 Å². The van der Waals surface area contributed by atoms with E-state index in [-0.39, 0.29) is 0 Å². The van der Waals surface area contributed by atoms with Crippen LogP contribution in [0.5, 0.6) is 0 Å². The summed E-state index contributed by atoms with van der Waals surface area (Å²) in [5.74, 6) is -0.629. The Hall–Kier alpha value is -0.310. The van der Waals surface area contributed by atoms with Crippen LogP contribution in [0, 0.1) is 0 Å². The molecule has 0 saturated carbocycles. The van der Waals surface area contributed by atoms with Gasteiger partial charge < -0.3 is 9.47 Å². The average molecular weight is 173 g/mol. The van der Waals surface area contributed by atoms with E-state index in [1.807, 2.05) is 18.2 Å².